The number of carbonyl (C=O) groups is 2. The van der Waals surface area contributed by atoms with Crippen LogP contribution < -0.4 is 0 Å². The molecule has 7 atom stereocenters. The quantitative estimate of drug-likeness (QED) is 0.423. The lowest BCUT2D eigenvalue weighted by molar-refractivity contribution is -0.174. The van der Waals surface area contributed by atoms with E-state index in [9.17, 15) is 9.59 Å². The van der Waals surface area contributed by atoms with Crippen molar-refractivity contribution in [1.29, 1.82) is 0 Å². The first-order valence-corrected chi connectivity index (χ1v) is 14.8. The Labute approximate surface area is 232 Å². The molecule has 39 heavy (non-hydrogen) atoms. The SMILES string of the molecule is [C-]#[N+]C1=C[C@]2(C)C3=CC(=O)[C@@H]4[C@@H]5CC(C)(C)CC[C@]5(Cn5cnnn5)CC[C@@]4(C)[C@]3(C)CC[C@H]2C(C)(C)C1=O. The second kappa shape index (κ2) is 7.98. The number of rotatable bonds is 2. The van der Waals surface area contributed by atoms with Crippen LogP contribution in [0.25, 0.3) is 4.85 Å². The van der Waals surface area contributed by atoms with E-state index >= 15 is 0 Å². The number of Topliss-reactive ketones (excluding diaryl/α,β-unsaturated/α-hetero) is 1. The maximum Gasteiger partial charge on any atom is 0.226 e. The molecule has 1 aromatic heterocycles. The van der Waals surface area contributed by atoms with Crippen LogP contribution in [-0.2, 0) is 16.1 Å². The van der Waals surface area contributed by atoms with Gasteiger partial charge in [-0.2, -0.15) is 0 Å². The van der Waals surface area contributed by atoms with Gasteiger partial charge in [0.15, 0.2) is 11.6 Å². The lowest BCUT2D eigenvalue weighted by atomic mass is 9.34. The summed E-state index contributed by atoms with van der Waals surface area (Å²) >= 11 is 0. The lowest BCUT2D eigenvalue weighted by Crippen LogP contribution is -2.65. The summed E-state index contributed by atoms with van der Waals surface area (Å²) in [6, 6.07) is 0. The smallest absolute Gasteiger partial charge is 0.226 e. The normalized spacial score (nSPS) is 44.1. The summed E-state index contributed by atoms with van der Waals surface area (Å²) < 4.78 is 1.88. The number of allylic oxidation sites excluding steroid dienone is 4. The predicted molar refractivity (Wildman–Crippen MR) is 148 cm³/mol. The van der Waals surface area contributed by atoms with E-state index in [-0.39, 0.29) is 56.7 Å². The summed E-state index contributed by atoms with van der Waals surface area (Å²) in [6.45, 7) is 24.3. The van der Waals surface area contributed by atoms with Crippen molar-refractivity contribution < 1.29 is 9.59 Å². The summed E-state index contributed by atoms with van der Waals surface area (Å²) in [7, 11) is 0. The van der Waals surface area contributed by atoms with Gasteiger partial charge in [-0.25, -0.2) is 9.53 Å². The summed E-state index contributed by atoms with van der Waals surface area (Å²) in [5.41, 5.74) is 0.101. The second-order valence-corrected chi connectivity index (χ2v) is 15.6. The van der Waals surface area contributed by atoms with Gasteiger partial charge in [-0.3, -0.25) is 4.79 Å². The van der Waals surface area contributed by atoms with Gasteiger partial charge in [0, 0.05) is 16.7 Å². The third-order valence-electron chi connectivity index (χ3n) is 12.9. The molecule has 1 heterocycles. The van der Waals surface area contributed by atoms with Crippen LogP contribution in [0.4, 0.5) is 0 Å². The van der Waals surface area contributed by atoms with E-state index in [0.717, 1.165) is 51.5 Å². The fourth-order valence-corrected chi connectivity index (χ4v) is 10.6. The first-order chi connectivity index (χ1) is 18.1. The van der Waals surface area contributed by atoms with Gasteiger partial charge in [-0.1, -0.05) is 60.1 Å². The van der Waals surface area contributed by atoms with E-state index < -0.39 is 10.8 Å². The Bertz CT molecular complexity index is 1350. The highest BCUT2D eigenvalue weighted by atomic mass is 16.1. The molecular formula is C32H43N5O2. The zero-order chi connectivity index (χ0) is 28.2. The van der Waals surface area contributed by atoms with Gasteiger partial charge in [0.2, 0.25) is 5.70 Å². The average molecular weight is 530 g/mol. The minimum absolute atomic E-state index is 0.00393. The molecule has 7 heteroatoms. The molecule has 3 saturated carbocycles. The zero-order valence-corrected chi connectivity index (χ0v) is 24.7. The average Bonchev–Trinajstić information content (AvgIpc) is 3.36. The molecule has 0 aromatic carbocycles. The molecule has 3 fully saturated rings. The van der Waals surface area contributed by atoms with Gasteiger partial charge in [-0.15, -0.1) is 5.10 Å². The molecule has 5 aliphatic rings. The van der Waals surface area contributed by atoms with Gasteiger partial charge < -0.3 is 4.79 Å². The summed E-state index contributed by atoms with van der Waals surface area (Å²) in [5, 5.41) is 12.1. The van der Waals surface area contributed by atoms with Gasteiger partial charge >= 0.3 is 0 Å². The molecular weight excluding hydrogens is 486 g/mol. The third-order valence-corrected chi connectivity index (χ3v) is 12.9. The molecule has 0 bridgehead atoms. The number of fused-ring (bicyclic) bond motifs is 7. The standard InChI is InChI=1S/C32H43N5O2/c1-27(2)11-13-32(18-37-19-34-35-36-37)14-12-31(7)25(20(32)16-27)22(38)15-24-29(5)17-21(33-8)26(39)28(3,4)23(29)9-10-30(24,31)6/h15,17,19-20,23,25H,9-14,16,18H2,1-7H3/t20-,23-,25-,29-,30+,31+,32+/m0/s1. The van der Waals surface area contributed by atoms with Gasteiger partial charge in [0.1, 0.15) is 6.33 Å². The number of ketones is 2. The largest absolute Gasteiger partial charge is 0.307 e. The second-order valence-electron chi connectivity index (χ2n) is 15.6. The molecule has 6 rings (SSSR count). The van der Waals surface area contributed by atoms with Crippen LogP contribution in [0.15, 0.2) is 29.7 Å². The van der Waals surface area contributed by atoms with Crippen molar-refractivity contribution in [2.75, 3.05) is 0 Å². The van der Waals surface area contributed by atoms with Crippen molar-refractivity contribution >= 4 is 11.6 Å². The highest BCUT2D eigenvalue weighted by Crippen LogP contribution is 2.74. The van der Waals surface area contributed by atoms with E-state index in [4.69, 9.17) is 6.57 Å². The van der Waals surface area contributed by atoms with Gasteiger partial charge in [-0.05, 0) is 94.9 Å². The highest BCUT2D eigenvalue weighted by Gasteiger charge is 2.69. The Balaban J connectivity index is 1.50. The van der Waals surface area contributed by atoms with Crippen LogP contribution >= 0.6 is 0 Å². The fourth-order valence-electron chi connectivity index (χ4n) is 10.6. The van der Waals surface area contributed by atoms with Crippen LogP contribution in [0.5, 0.6) is 0 Å². The van der Waals surface area contributed by atoms with Crippen LogP contribution in [0.2, 0.25) is 0 Å². The molecule has 0 spiro atoms. The monoisotopic (exact) mass is 529 g/mol. The predicted octanol–water partition coefficient (Wildman–Crippen LogP) is 6.25. The van der Waals surface area contributed by atoms with Crippen molar-refractivity contribution in [2.24, 2.45) is 50.2 Å². The van der Waals surface area contributed by atoms with Crippen molar-refractivity contribution in [3.63, 3.8) is 0 Å². The molecule has 0 N–H and O–H groups in total. The molecule has 0 unspecified atom stereocenters. The summed E-state index contributed by atoms with van der Waals surface area (Å²) in [5.74, 6) is 0.480. The zero-order valence-electron chi connectivity index (χ0n) is 24.7. The molecule has 0 radical (unpaired) electrons. The van der Waals surface area contributed by atoms with Gasteiger partial charge in [0.05, 0.1) is 13.1 Å². The first-order valence-electron chi connectivity index (χ1n) is 14.8. The number of carbonyl (C=O) groups excluding carboxylic acids is 2. The number of tetrazole rings is 1. The number of aromatic nitrogens is 4. The maximum atomic E-state index is 14.6. The Kier molecular flexibility index (Phi) is 5.44. The Morgan fingerprint density at radius 3 is 2.41 bits per heavy atom. The molecule has 208 valence electrons. The van der Waals surface area contributed by atoms with Crippen LogP contribution in [0, 0.1) is 56.8 Å². The van der Waals surface area contributed by atoms with E-state index in [1.54, 1.807) is 6.33 Å². The third kappa shape index (κ3) is 3.36. The summed E-state index contributed by atoms with van der Waals surface area (Å²) in [4.78, 5) is 31.5. The first kappa shape index (κ1) is 26.6. The minimum atomic E-state index is -0.632. The van der Waals surface area contributed by atoms with Crippen LogP contribution in [0.3, 0.4) is 0 Å². The topological polar surface area (TPSA) is 82.1 Å². The van der Waals surface area contributed by atoms with E-state index in [1.807, 2.05) is 30.7 Å². The van der Waals surface area contributed by atoms with E-state index in [1.165, 1.54) is 5.57 Å². The van der Waals surface area contributed by atoms with Crippen molar-refractivity contribution in [1.82, 2.24) is 20.2 Å². The van der Waals surface area contributed by atoms with Crippen molar-refractivity contribution in [3.8, 4) is 0 Å². The maximum absolute atomic E-state index is 14.6. The summed E-state index contributed by atoms with van der Waals surface area (Å²) in [6.07, 6.45) is 12.9. The van der Waals surface area contributed by atoms with E-state index in [0.29, 0.717) is 0 Å². The highest BCUT2D eigenvalue weighted by molar-refractivity contribution is 6.03. The Hall–Kier alpha value is -2.62. The molecule has 5 aliphatic carbocycles. The van der Waals surface area contributed by atoms with Crippen molar-refractivity contribution in [2.45, 2.75) is 100.0 Å². The molecule has 0 aliphatic heterocycles. The van der Waals surface area contributed by atoms with E-state index in [2.05, 4.69) is 55.0 Å². The van der Waals surface area contributed by atoms with Crippen LogP contribution in [-0.4, -0.2) is 31.8 Å². The number of hydrogen-bond acceptors (Lipinski definition) is 5. The minimum Gasteiger partial charge on any atom is -0.307 e. The molecule has 1 aromatic rings. The molecule has 7 nitrogen and oxygen atoms in total. The van der Waals surface area contributed by atoms with Crippen molar-refractivity contribution in [3.05, 3.63) is 41.2 Å². The molecule has 0 saturated heterocycles. The number of hydrogen-bond donors (Lipinski definition) is 0. The number of nitrogens with zero attached hydrogens (tertiary/aromatic N) is 5. The molecule has 0 amide bonds. The Morgan fingerprint density at radius 2 is 1.74 bits per heavy atom. The van der Waals surface area contributed by atoms with Crippen LogP contribution in [0.1, 0.15) is 93.4 Å². The Morgan fingerprint density at radius 1 is 1.03 bits per heavy atom. The fraction of sp³-hybridized carbons (Fsp3) is 0.750. The van der Waals surface area contributed by atoms with Gasteiger partial charge in [0.25, 0.3) is 0 Å². The lowest BCUT2D eigenvalue weighted by Gasteiger charge is -2.69.